The molecular weight excluding hydrogens is 611 g/mol. The predicted molar refractivity (Wildman–Crippen MR) is 182 cm³/mol. The summed E-state index contributed by atoms with van der Waals surface area (Å²) in [5.74, 6) is -1.19. The van der Waals surface area contributed by atoms with Gasteiger partial charge >= 0.3 is 5.97 Å². The van der Waals surface area contributed by atoms with Crippen LogP contribution in [0, 0.1) is 21.7 Å². The van der Waals surface area contributed by atoms with Gasteiger partial charge in [-0.25, -0.2) is 4.79 Å². The number of carboxylic acids is 1. The minimum absolute atomic E-state index is 0.0739. The molecule has 2 amide bonds. The summed E-state index contributed by atoms with van der Waals surface area (Å²) in [6.45, 7) is 15.9. The van der Waals surface area contributed by atoms with Crippen molar-refractivity contribution < 1.29 is 24.2 Å². The second kappa shape index (κ2) is 14.3. The Morgan fingerprint density at radius 3 is 2.00 bits per heavy atom. The van der Waals surface area contributed by atoms with Crippen molar-refractivity contribution in [3.63, 3.8) is 0 Å². The highest BCUT2D eigenvalue weighted by atomic mass is 35.5. The normalized spacial score (nSPS) is 15.8. The number of amides is 2. The summed E-state index contributed by atoms with van der Waals surface area (Å²) in [7, 11) is 1.49. The van der Waals surface area contributed by atoms with E-state index in [9.17, 15) is 19.5 Å². The minimum Gasteiger partial charge on any atom is -0.497 e. The number of hydrogen-bond donors (Lipinski definition) is 3. The second-order valence-electron chi connectivity index (χ2n) is 15.2. The molecule has 2 aromatic carbocycles. The third kappa shape index (κ3) is 9.38. The van der Waals surface area contributed by atoms with Crippen molar-refractivity contribution in [1.82, 2.24) is 5.32 Å². The van der Waals surface area contributed by atoms with Gasteiger partial charge in [0.1, 0.15) is 11.8 Å². The number of carboxylic acid groups (broad SMARTS) is 1. The van der Waals surface area contributed by atoms with Crippen LogP contribution >= 0.6 is 23.2 Å². The smallest absolute Gasteiger partial charge is 0.326 e. The average molecular weight is 662 g/mol. The summed E-state index contributed by atoms with van der Waals surface area (Å²) in [5, 5.41) is 16.1. The van der Waals surface area contributed by atoms with E-state index in [1.165, 1.54) is 19.2 Å². The highest BCUT2D eigenvalue weighted by molar-refractivity contribution is 6.40. The van der Waals surface area contributed by atoms with E-state index < -0.39 is 23.3 Å². The lowest BCUT2D eigenvalue weighted by molar-refractivity contribution is -0.144. The van der Waals surface area contributed by atoms with Gasteiger partial charge in [0.2, 0.25) is 5.91 Å². The Kier molecular flexibility index (Phi) is 11.7. The number of aryl methyl sites for hydroxylation is 1. The van der Waals surface area contributed by atoms with Crippen molar-refractivity contribution >= 4 is 46.7 Å². The van der Waals surface area contributed by atoms with Crippen LogP contribution in [0.2, 0.25) is 10.0 Å². The van der Waals surface area contributed by atoms with Crippen molar-refractivity contribution in [3.05, 3.63) is 57.6 Å². The Bertz CT molecular complexity index is 1350. The van der Waals surface area contributed by atoms with Gasteiger partial charge in [0.15, 0.2) is 0 Å². The van der Waals surface area contributed by atoms with Crippen LogP contribution in [0.5, 0.6) is 5.75 Å². The maximum atomic E-state index is 13.8. The van der Waals surface area contributed by atoms with Crippen LogP contribution in [0.3, 0.4) is 0 Å². The molecule has 1 aliphatic rings. The summed E-state index contributed by atoms with van der Waals surface area (Å²) in [5.41, 5.74) is 1.12. The van der Waals surface area contributed by atoms with Gasteiger partial charge in [-0.05, 0) is 84.6 Å². The molecular formula is C36H50Cl2N2O5. The molecule has 1 saturated carbocycles. The molecule has 3 N–H and O–H groups in total. The first-order valence-corrected chi connectivity index (χ1v) is 16.5. The van der Waals surface area contributed by atoms with Crippen molar-refractivity contribution in [2.45, 2.75) is 106 Å². The topological polar surface area (TPSA) is 105 Å². The van der Waals surface area contributed by atoms with Crippen LogP contribution in [0.1, 0.15) is 109 Å². The molecule has 0 aromatic heterocycles. The monoisotopic (exact) mass is 660 g/mol. The Balaban J connectivity index is 1.65. The lowest BCUT2D eigenvalue weighted by atomic mass is 9.59. The van der Waals surface area contributed by atoms with Crippen molar-refractivity contribution in [2.24, 2.45) is 21.7 Å². The van der Waals surface area contributed by atoms with E-state index in [1.807, 2.05) is 12.1 Å². The van der Waals surface area contributed by atoms with Crippen molar-refractivity contribution in [2.75, 3.05) is 12.4 Å². The average Bonchev–Trinajstić information content (AvgIpc) is 3.38. The van der Waals surface area contributed by atoms with Gasteiger partial charge in [-0.1, -0.05) is 96.6 Å². The molecule has 0 unspecified atom stereocenters. The highest BCUT2D eigenvalue weighted by Crippen LogP contribution is 2.53. The molecule has 1 aliphatic carbocycles. The third-order valence-electron chi connectivity index (χ3n) is 9.83. The minimum atomic E-state index is -1.04. The highest BCUT2D eigenvalue weighted by Gasteiger charge is 2.48. The van der Waals surface area contributed by atoms with E-state index in [1.54, 1.807) is 12.1 Å². The maximum Gasteiger partial charge on any atom is 0.326 e. The van der Waals surface area contributed by atoms with Crippen molar-refractivity contribution in [1.29, 1.82) is 0 Å². The van der Waals surface area contributed by atoms with E-state index in [2.05, 4.69) is 59.1 Å². The number of nitrogens with one attached hydrogen (secondary N) is 2. The zero-order valence-electron chi connectivity index (χ0n) is 28.0. The summed E-state index contributed by atoms with van der Waals surface area (Å²) in [6.07, 6.45) is 5.91. The standard InChI is InChI=1S/C36H50Cl2N2O5/c1-33(2,3)35(6,7)21-34(4,5)22-36(17-9-10-18-36)32(44)40-28(31(42)43)16-13-23-11-14-24(15-12-23)39-30(41)29-26(37)19-25(45-8)20-27(29)38/h11-12,14-15,19-20,28H,9-10,13,16-18,21-22H2,1-8H3,(H,39,41)(H,40,44)(H,42,43)/t28-/m0/s1. The van der Waals surface area contributed by atoms with Gasteiger partial charge in [-0.3, -0.25) is 9.59 Å². The summed E-state index contributed by atoms with van der Waals surface area (Å²) >= 11 is 12.5. The molecule has 0 aliphatic heterocycles. The summed E-state index contributed by atoms with van der Waals surface area (Å²) < 4.78 is 5.13. The largest absolute Gasteiger partial charge is 0.497 e. The fraction of sp³-hybridized carbons (Fsp3) is 0.583. The van der Waals surface area contributed by atoms with Gasteiger partial charge in [-0.2, -0.15) is 0 Å². The van der Waals surface area contributed by atoms with Crippen LogP contribution in [0.4, 0.5) is 5.69 Å². The first kappa shape index (κ1) is 36.7. The SMILES string of the molecule is COc1cc(Cl)c(C(=O)Nc2ccc(CC[C@H](NC(=O)C3(CC(C)(C)CC(C)(C)C(C)(C)C)CCCC3)C(=O)O)cc2)c(Cl)c1. The molecule has 0 saturated heterocycles. The van der Waals surface area contributed by atoms with E-state index >= 15 is 0 Å². The van der Waals surface area contributed by atoms with Crippen LogP contribution in [-0.2, 0) is 16.0 Å². The molecule has 0 radical (unpaired) electrons. The number of benzene rings is 2. The summed E-state index contributed by atoms with van der Waals surface area (Å²) in [6, 6.07) is 9.17. The zero-order valence-corrected chi connectivity index (χ0v) is 29.5. The Morgan fingerprint density at radius 1 is 0.956 bits per heavy atom. The van der Waals surface area contributed by atoms with E-state index in [4.69, 9.17) is 27.9 Å². The number of halogens is 2. The Hall–Kier alpha value is -2.77. The molecule has 2 aromatic rings. The van der Waals surface area contributed by atoms with Gasteiger partial charge in [0.05, 0.1) is 22.7 Å². The number of hydrogen-bond acceptors (Lipinski definition) is 4. The molecule has 0 spiro atoms. The fourth-order valence-electron chi connectivity index (χ4n) is 6.69. The lowest BCUT2D eigenvalue weighted by Crippen LogP contribution is -2.49. The quantitative estimate of drug-likeness (QED) is 0.199. The maximum absolute atomic E-state index is 13.8. The van der Waals surface area contributed by atoms with Gasteiger partial charge in [0.25, 0.3) is 5.91 Å². The molecule has 0 bridgehead atoms. The van der Waals surface area contributed by atoms with E-state index in [-0.39, 0.29) is 44.2 Å². The molecule has 3 rings (SSSR count). The van der Waals surface area contributed by atoms with Gasteiger partial charge in [-0.15, -0.1) is 0 Å². The number of aliphatic carboxylic acids is 1. The number of ether oxygens (including phenoxy) is 1. The van der Waals surface area contributed by atoms with Gasteiger partial charge in [0, 0.05) is 11.1 Å². The van der Waals surface area contributed by atoms with Crippen LogP contribution < -0.4 is 15.4 Å². The first-order valence-electron chi connectivity index (χ1n) is 15.8. The fourth-order valence-corrected chi connectivity index (χ4v) is 7.33. The van der Waals surface area contributed by atoms with Crippen LogP contribution in [0.25, 0.3) is 0 Å². The molecule has 45 heavy (non-hydrogen) atoms. The molecule has 1 atom stereocenters. The molecule has 1 fully saturated rings. The number of carbonyl (C=O) groups excluding carboxylic acids is 2. The number of rotatable bonds is 13. The van der Waals surface area contributed by atoms with E-state index in [0.717, 1.165) is 44.1 Å². The zero-order chi connectivity index (χ0) is 33.8. The second-order valence-corrected chi connectivity index (χ2v) is 16.0. The molecule has 7 nitrogen and oxygen atoms in total. The Labute approximate surface area is 278 Å². The van der Waals surface area contributed by atoms with Crippen LogP contribution in [-0.4, -0.2) is 36.0 Å². The number of methoxy groups -OCH3 is 1. The number of anilines is 1. The molecule has 0 heterocycles. The number of carbonyl (C=O) groups is 3. The third-order valence-corrected chi connectivity index (χ3v) is 10.4. The van der Waals surface area contributed by atoms with Gasteiger partial charge < -0.3 is 20.5 Å². The van der Waals surface area contributed by atoms with Crippen LogP contribution in [0.15, 0.2) is 36.4 Å². The van der Waals surface area contributed by atoms with E-state index in [0.29, 0.717) is 17.9 Å². The predicted octanol–water partition coefficient (Wildman–Crippen LogP) is 9.20. The summed E-state index contributed by atoms with van der Waals surface area (Å²) in [4.78, 5) is 39.0. The Morgan fingerprint density at radius 2 is 1.51 bits per heavy atom. The lowest BCUT2D eigenvalue weighted by Gasteiger charge is -2.46. The molecule has 9 heteroatoms. The van der Waals surface area contributed by atoms with Crippen molar-refractivity contribution in [3.8, 4) is 5.75 Å². The molecule has 248 valence electrons. The first-order chi connectivity index (χ1) is 20.8.